The van der Waals surface area contributed by atoms with Crippen molar-refractivity contribution in [2.24, 2.45) is 0 Å². The first-order chi connectivity index (χ1) is 8.08. The van der Waals surface area contributed by atoms with Gasteiger partial charge in [0, 0.05) is 19.9 Å². The fraction of sp³-hybridized carbons (Fsp3) is 0.556. The first kappa shape index (κ1) is 13.1. The zero-order valence-corrected chi connectivity index (χ0v) is 9.30. The summed E-state index contributed by atoms with van der Waals surface area (Å²) in [7, 11) is 0. The molecule has 0 saturated heterocycles. The van der Waals surface area contributed by atoms with E-state index in [4.69, 9.17) is 9.63 Å². The van der Waals surface area contributed by atoms with Crippen molar-refractivity contribution >= 4 is 11.9 Å². The number of nitrogens with zero attached hydrogens (tertiary/aromatic N) is 2. The van der Waals surface area contributed by atoms with E-state index in [2.05, 4.69) is 20.2 Å². The van der Waals surface area contributed by atoms with Crippen molar-refractivity contribution in [3.63, 3.8) is 0 Å². The maximum Gasteiger partial charge on any atom is 0.329 e. The predicted molar refractivity (Wildman–Crippen MR) is 54.2 cm³/mol. The lowest BCUT2D eigenvalue weighted by atomic mass is 10.4. The molecule has 0 aliphatic rings. The molecule has 0 radical (unpaired) electrons. The van der Waals surface area contributed by atoms with Gasteiger partial charge in [-0.2, -0.15) is 4.98 Å². The predicted octanol–water partition coefficient (Wildman–Crippen LogP) is -0.862. The zero-order valence-electron chi connectivity index (χ0n) is 9.30. The van der Waals surface area contributed by atoms with Crippen molar-refractivity contribution in [3.8, 4) is 0 Å². The SMILES string of the molecule is Cc1nc(CCNC(=O)COCC(=O)O)no1. The summed E-state index contributed by atoms with van der Waals surface area (Å²) in [6.07, 6.45) is 0.446. The lowest BCUT2D eigenvalue weighted by Gasteiger charge is -2.02. The van der Waals surface area contributed by atoms with Gasteiger partial charge in [-0.15, -0.1) is 0 Å². The van der Waals surface area contributed by atoms with Crippen LogP contribution in [0.4, 0.5) is 0 Å². The first-order valence-corrected chi connectivity index (χ1v) is 4.93. The Bertz CT molecular complexity index is 390. The number of aliphatic carboxylic acids is 1. The minimum atomic E-state index is -1.11. The number of amides is 1. The van der Waals surface area contributed by atoms with Crippen molar-refractivity contribution in [1.29, 1.82) is 0 Å². The molecule has 8 heteroatoms. The van der Waals surface area contributed by atoms with Crippen LogP contribution in [0.25, 0.3) is 0 Å². The molecule has 1 aromatic rings. The highest BCUT2D eigenvalue weighted by Gasteiger charge is 2.05. The number of ether oxygens (including phenoxy) is 1. The molecule has 0 spiro atoms. The summed E-state index contributed by atoms with van der Waals surface area (Å²) in [6, 6.07) is 0. The van der Waals surface area contributed by atoms with Gasteiger partial charge in [-0.25, -0.2) is 4.79 Å². The highest BCUT2D eigenvalue weighted by atomic mass is 16.5. The standard InChI is InChI=1S/C9H13N3O5/c1-6-11-7(12-17-6)2-3-10-8(13)4-16-5-9(14)15/h2-5H2,1H3,(H,10,13)(H,14,15). The van der Waals surface area contributed by atoms with Gasteiger partial charge < -0.3 is 19.7 Å². The largest absolute Gasteiger partial charge is 0.480 e. The Morgan fingerprint density at radius 2 is 2.24 bits per heavy atom. The molecule has 1 heterocycles. The molecule has 17 heavy (non-hydrogen) atoms. The summed E-state index contributed by atoms with van der Waals surface area (Å²) in [5, 5.41) is 14.5. The van der Waals surface area contributed by atoms with E-state index in [0.29, 0.717) is 24.7 Å². The number of carbonyl (C=O) groups is 2. The van der Waals surface area contributed by atoms with Crippen LogP contribution in [-0.2, 0) is 20.7 Å². The zero-order chi connectivity index (χ0) is 12.7. The van der Waals surface area contributed by atoms with E-state index in [1.54, 1.807) is 6.92 Å². The number of carboxylic acids is 1. The molecule has 8 nitrogen and oxygen atoms in total. The Kier molecular flexibility index (Phi) is 5.08. The average Bonchev–Trinajstić information content (AvgIpc) is 2.63. The van der Waals surface area contributed by atoms with Gasteiger partial charge >= 0.3 is 5.97 Å². The lowest BCUT2D eigenvalue weighted by Crippen LogP contribution is -2.30. The maximum atomic E-state index is 11.1. The molecular formula is C9H13N3O5. The van der Waals surface area contributed by atoms with Crippen LogP contribution >= 0.6 is 0 Å². The smallest absolute Gasteiger partial charge is 0.329 e. The highest BCUT2D eigenvalue weighted by Crippen LogP contribution is 1.94. The van der Waals surface area contributed by atoms with Crippen molar-refractivity contribution in [1.82, 2.24) is 15.5 Å². The molecule has 1 aromatic heterocycles. The van der Waals surface area contributed by atoms with Crippen LogP contribution in [0, 0.1) is 6.92 Å². The molecule has 1 rings (SSSR count). The highest BCUT2D eigenvalue weighted by molar-refractivity contribution is 5.77. The van der Waals surface area contributed by atoms with E-state index < -0.39 is 12.6 Å². The number of carboxylic acid groups (broad SMARTS) is 1. The molecule has 2 N–H and O–H groups in total. The number of rotatable bonds is 7. The molecule has 0 aromatic carbocycles. The fourth-order valence-corrected chi connectivity index (χ4v) is 1.04. The van der Waals surface area contributed by atoms with Crippen molar-refractivity contribution < 1.29 is 24.0 Å². The van der Waals surface area contributed by atoms with E-state index in [1.165, 1.54) is 0 Å². The number of hydrogen-bond acceptors (Lipinski definition) is 6. The number of nitrogens with one attached hydrogen (secondary N) is 1. The van der Waals surface area contributed by atoms with Gasteiger partial charge in [0.15, 0.2) is 5.82 Å². The summed E-state index contributed by atoms with van der Waals surface area (Å²) >= 11 is 0. The second-order valence-electron chi connectivity index (χ2n) is 3.22. The minimum absolute atomic E-state index is 0.280. The number of aryl methyl sites for hydroxylation is 1. The van der Waals surface area contributed by atoms with E-state index in [9.17, 15) is 9.59 Å². The molecule has 0 fully saturated rings. The third kappa shape index (κ3) is 5.61. The second-order valence-corrected chi connectivity index (χ2v) is 3.22. The molecular weight excluding hydrogens is 230 g/mol. The normalized spacial score (nSPS) is 10.2. The number of carbonyl (C=O) groups excluding carboxylic acids is 1. The summed E-state index contributed by atoms with van der Waals surface area (Å²) in [6.45, 7) is 1.25. The van der Waals surface area contributed by atoms with Gasteiger partial charge in [0.25, 0.3) is 0 Å². The molecule has 0 aliphatic carbocycles. The van der Waals surface area contributed by atoms with Gasteiger partial charge in [0.05, 0.1) is 0 Å². The van der Waals surface area contributed by atoms with Gasteiger partial charge in [-0.05, 0) is 0 Å². The Morgan fingerprint density at radius 3 is 2.82 bits per heavy atom. The van der Waals surface area contributed by atoms with Gasteiger partial charge in [-0.1, -0.05) is 5.16 Å². The van der Waals surface area contributed by atoms with Crippen LogP contribution in [-0.4, -0.2) is 46.9 Å². The van der Waals surface area contributed by atoms with E-state index in [1.807, 2.05) is 0 Å². The number of hydrogen-bond donors (Lipinski definition) is 2. The lowest BCUT2D eigenvalue weighted by molar-refractivity contribution is -0.143. The molecule has 0 aliphatic heterocycles. The molecule has 0 saturated carbocycles. The quantitative estimate of drug-likeness (QED) is 0.640. The molecule has 94 valence electrons. The Labute approximate surface area is 97.0 Å². The molecule has 0 unspecified atom stereocenters. The second kappa shape index (κ2) is 6.59. The van der Waals surface area contributed by atoms with Crippen LogP contribution in [0.5, 0.6) is 0 Å². The maximum absolute atomic E-state index is 11.1. The molecule has 1 amide bonds. The topological polar surface area (TPSA) is 115 Å². The fourth-order valence-electron chi connectivity index (χ4n) is 1.04. The van der Waals surface area contributed by atoms with Crippen LogP contribution in [0.1, 0.15) is 11.7 Å². The van der Waals surface area contributed by atoms with Crippen molar-refractivity contribution in [2.75, 3.05) is 19.8 Å². The van der Waals surface area contributed by atoms with Crippen LogP contribution < -0.4 is 5.32 Å². The van der Waals surface area contributed by atoms with Crippen LogP contribution in [0.15, 0.2) is 4.52 Å². The van der Waals surface area contributed by atoms with Gasteiger partial charge in [-0.3, -0.25) is 4.79 Å². The van der Waals surface area contributed by atoms with Crippen LogP contribution in [0.2, 0.25) is 0 Å². The van der Waals surface area contributed by atoms with E-state index in [0.717, 1.165) is 0 Å². The third-order valence-electron chi connectivity index (χ3n) is 1.70. The van der Waals surface area contributed by atoms with Crippen molar-refractivity contribution in [3.05, 3.63) is 11.7 Å². The first-order valence-electron chi connectivity index (χ1n) is 4.93. The molecule has 0 bridgehead atoms. The van der Waals surface area contributed by atoms with E-state index in [-0.39, 0.29) is 12.5 Å². The molecule has 0 atom stereocenters. The van der Waals surface area contributed by atoms with Gasteiger partial charge in [0.1, 0.15) is 13.2 Å². The number of aromatic nitrogens is 2. The summed E-state index contributed by atoms with van der Waals surface area (Å²) in [5.74, 6) is -0.517. The van der Waals surface area contributed by atoms with Crippen LogP contribution in [0.3, 0.4) is 0 Å². The Balaban J connectivity index is 2.10. The summed E-state index contributed by atoms with van der Waals surface area (Å²) in [5.41, 5.74) is 0. The van der Waals surface area contributed by atoms with Crippen molar-refractivity contribution in [2.45, 2.75) is 13.3 Å². The summed E-state index contributed by atoms with van der Waals surface area (Å²) < 4.78 is 9.35. The third-order valence-corrected chi connectivity index (χ3v) is 1.70. The Hall–Kier alpha value is -1.96. The summed E-state index contributed by atoms with van der Waals surface area (Å²) in [4.78, 5) is 25.2. The minimum Gasteiger partial charge on any atom is -0.480 e. The van der Waals surface area contributed by atoms with E-state index >= 15 is 0 Å². The average molecular weight is 243 g/mol. The Morgan fingerprint density at radius 1 is 1.47 bits per heavy atom. The monoisotopic (exact) mass is 243 g/mol. The van der Waals surface area contributed by atoms with Gasteiger partial charge in [0.2, 0.25) is 11.8 Å².